The van der Waals surface area contributed by atoms with E-state index in [2.05, 4.69) is 4.90 Å². The van der Waals surface area contributed by atoms with Crippen LogP contribution >= 0.6 is 0 Å². The fourth-order valence-corrected chi connectivity index (χ4v) is 3.67. The maximum absolute atomic E-state index is 12.4. The average Bonchev–Trinajstić information content (AvgIpc) is 2.47. The molecule has 5 nitrogen and oxygen atoms in total. The number of benzene rings is 1. The molecule has 1 aromatic carbocycles. The number of hydrogen-bond donors (Lipinski definition) is 1. The minimum Gasteiger partial charge on any atom is -0.396 e. The number of aliphatic hydroxyl groups excluding tert-OH is 1. The van der Waals surface area contributed by atoms with E-state index in [9.17, 15) is 13.5 Å². The van der Waals surface area contributed by atoms with Crippen molar-refractivity contribution in [2.24, 2.45) is 5.92 Å². The lowest BCUT2D eigenvalue weighted by Gasteiger charge is -2.34. The summed E-state index contributed by atoms with van der Waals surface area (Å²) in [6, 6.07) is 7.09. The van der Waals surface area contributed by atoms with Gasteiger partial charge in [-0.3, -0.25) is 0 Å². The number of aliphatic hydroxyl groups is 1. The summed E-state index contributed by atoms with van der Waals surface area (Å²) >= 11 is 0. The first-order valence-corrected chi connectivity index (χ1v) is 8.28. The molecule has 2 rings (SSSR count). The van der Waals surface area contributed by atoms with Crippen LogP contribution in [0.5, 0.6) is 0 Å². The first kappa shape index (κ1) is 15.3. The SMILES string of the molecule is CN(C)S(=O)(=O)c1ccccc1N1CCCC(CO)C1. The summed E-state index contributed by atoms with van der Waals surface area (Å²) in [5.41, 5.74) is 0.736. The van der Waals surface area contributed by atoms with E-state index in [1.807, 2.05) is 12.1 Å². The molecule has 1 heterocycles. The highest BCUT2D eigenvalue weighted by Gasteiger charge is 2.26. The molecule has 0 aliphatic carbocycles. The van der Waals surface area contributed by atoms with E-state index in [4.69, 9.17) is 0 Å². The quantitative estimate of drug-likeness (QED) is 0.906. The standard InChI is InChI=1S/C14H22N2O3S/c1-15(2)20(18,19)14-8-4-3-7-13(14)16-9-5-6-12(10-16)11-17/h3-4,7-8,12,17H,5-6,9-11H2,1-2H3. The molecule has 1 unspecified atom stereocenters. The largest absolute Gasteiger partial charge is 0.396 e. The second kappa shape index (κ2) is 6.11. The highest BCUT2D eigenvalue weighted by atomic mass is 32.2. The third kappa shape index (κ3) is 2.97. The van der Waals surface area contributed by atoms with Gasteiger partial charge in [0, 0.05) is 33.8 Å². The zero-order chi connectivity index (χ0) is 14.8. The van der Waals surface area contributed by atoms with Crippen molar-refractivity contribution in [3.8, 4) is 0 Å². The summed E-state index contributed by atoms with van der Waals surface area (Å²) in [5, 5.41) is 9.32. The summed E-state index contributed by atoms with van der Waals surface area (Å²) in [6.07, 6.45) is 1.97. The summed E-state index contributed by atoms with van der Waals surface area (Å²) in [6.45, 7) is 1.69. The van der Waals surface area contributed by atoms with E-state index >= 15 is 0 Å². The smallest absolute Gasteiger partial charge is 0.244 e. The van der Waals surface area contributed by atoms with E-state index in [1.54, 1.807) is 26.2 Å². The molecule has 6 heteroatoms. The Morgan fingerprint density at radius 3 is 2.70 bits per heavy atom. The molecule has 0 spiro atoms. The van der Waals surface area contributed by atoms with Crippen LogP contribution in [-0.4, -0.2) is 51.6 Å². The van der Waals surface area contributed by atoms with Crippen LogP contribution in [0.1, 0.15) is 12.8 Å². The molecule has 1 atom stereocenters. The van der Waals surface area contributed by atoms with Crippen molar-refractivity contribution in [3.05, 3.63) is 24.3 Å². The Kier molecular flexibility index (Phi) is 4.67. The molecule has 0 radical (unpaired) electrons. The van der Waals surface area contributed by atoms with Gasteiger partial charge in [-0.1, -0.05) is 12.1 Å². The zero-order valence-electron chi connectivity index (χ0n) is 12.0. The van der Waals surface area contributed by atoms with Crippen molar-refractivity contribution in [2.75, 3.05) is 38.7 Å². The van der Waals surface area contributed by atoms with Gasteiger partial charge in [-0.15, -0.1) is 0 Å². The predicted octanol–water partition coefficient (Wildman–Crippen LogP) is 1.15. The maximum atomic E-state index is 12.4. The van der Waals surface area contributed by atoms with Crippen LogP contribution in [0, 0.1) is 5.92 Å². The first-order chi connectivity index (χ1) is 9.46. The fourth-order valence-electron chi connectivity index (χ4n) is 2.57. The lowest BCUT2D eigenvalue weighted by atomic mass is 9.98. The number of piperidine rings is 1. The van der Waals surface area contributed by atoms with Crippen molar-refractivity contribution < 1.29 is 13.5 Å². The van der Waals surface area contributed by atoms with Crippen LogP contribution < -0.4 is 4.90 Å². The third-order valence-corrected chi connectivity index (χ3v) is 5.60. The topological polar surface area (TPSA) is 60.9 Å². The van der Waals surface area contributed by atoms with Crippen LogP contribution in [0.2, 0.25) is 0 Å². The van der Waals surface area contributed by atoms with E-state index in [-0.39, 0.29) is 12.5 Å². The van der Waals surface area contributed by atoms with Crippen molar-refractivity contribution in [1.82, 2.24) is 4.31 Å². The predicted molar refractivity (Wildman–Crippen MR) is 79.3 cm³/mol. The molecule has 1 fully saturated rings. The monoisotopic (exact) mass is 298 g/mol. The fraction of sp³-hybridized carbons (Fsp3) is 0.571. The lowest BCUT2D eigenvalue weighted by molar-refractivity contribution is 0.208. The van der Waals surface area contributed by atoms with Gasteiger partial charge >= 0.3 is 0 Å². The number of rotatable bonds is 4. The van der Waals surface area contributed by atoms with Crippen molar-refractivity contribution in [3.63, 3.8) is 0 Å². The van der Waals surface area contributed by atoms with Crippen LogP contribution in [0.15, 0.2) is 29.2 Å². The van der Waals surface area contributed by atoms with Gasteiger partial charge in [-0.2, -0.15) is 0 Å². The molecule has 0 saturated carbocycles. The Bertz CT molecular complexity index is 557. The Labute approximate surface area is 120 Å². The van der Waals surface area contributed by atoms with Gasteiger partial charge in [-0.25, -0.2) is 12.7 Å². The molecule has 1 aliphatic rings. The molecule has 20 heavy (non-hydrogen) atoms. The molecule has 1 aromatic rings. The summed E-state index contributed by atoms with van der Waals surface area (Å²) < 4.78 is 26.0. The molecular weight excluding hydrogens is 276 g/mol. The third-order valence-electron chi connectivity index (χ3n) is 3.74. The molecule has 0 bridgehead atoms. The van der Waals surface area contributed by atoms with Crippen LogP contribution in [0.25, 0.3) is 0 Å². The summed E-state index contributed by atoms with van der Waals surface area (Å²) in [5.74, 6) is 0.221. The zero-order valence-corrected chi connectivity index (χ0v) is 12.8. The van der Waals surface area contributed by atoms with E-state index in [0.717, 1.165) is 25.1 Å². The van der Waals surface area contributed by atoms with Crippen LogP contribution in [-0.2, 0) is 10.0 Å². The lowest BCUT2D eigenvalue weighted by Crippen LogP contribution is -2.38. The van der Waals surface area contributed by atoms with Gasteiger partial charge in [0.25, 0.3) is 0 Å². The Morgan fingerprint density at radius 2 is 2.05 bits per heavy atom. The number of anilines is 1. The van der Waals surface area contributed by atoms with Gasteiger partial charge in [0.05, 0.1) is 5.69 Å². The van der Waals surface area contributed by atoms with E-state index in [1.165, 1.54) is 4.31 Å². The minimum atomic E-state index is -3.45. The molecule has 0 amide bonds. The van der Waals surface area contributed by atoms with Crippen molar-refractivity contribution in [2.45, 2.75) is 17.7 Å². The summed E-state index contributed by atoms with van der Waals surface area (Å²) in [4.78, 5) is 2.41. The molecule has 1 N–H and O–H groups in total. The van der Waals surface area contributed by atoms with Gasteiger partial charge in [-0.05, 0) is 30.9 Å². The molecule has 112 valence electrons. The number of sulfonamides is 1. The van der Waals surface area contributed by atoms with Crippen molar-refractivity contribution in [1.29, 1.82) is 0 Å². The second-order valence-corrected chi connectivity index (χ2v) is 7.51. The van der Waals surface area contributed by atoms with Gasteiger partial charge in [0.15, 0.2) is 0 Å². The maximum Gasteiger partial charge on any atom is 0.244 e. The molecule has 1 aliphatic heterocycles. The molecule has 1 saturated heterocycles. The highest BCUT2D eigenvalue weighted by molar-refractivity contribution is 7.89. The number of para-hydroxylation sites is 1. The van der Waals surface area contributed by atoms with Crippen LogP contribution in [0.4, 0.5) is 5.69 Å². The minimum absolute atomic E-state index is 0.152. The first-order valence-electron chi connectivity index (χ1n) is 6.84. The van der Waals surface area contributed by atoms with Crippen molar-refractivity contribution >= 4 is 15.7 Å². The normalized spacial score (nSPS) is 20.4. The van der Waals surface area contributed by atoms with Crippen LogP contribution in [0.3, 0.4) is 0 Å². The molecule has 0 aromatic heterocycles. The second-order valence-electron chi connectivity index (χ2n) is 5.39. The Balaban J connectivity index is 2.38. The average molecular weight is 298 g/mol. The number of hydrogen-bond acceptors (Lipinski definition) is 4. The summed E-state index contributed by atoms with van der Waals surface area (Å²) in [7, 11) is -0.371. The van der Waals surface area contributed by atoms with Gasteiger partial charge in [0.2, 0.25) is 10.0 Å². The van der Waals surface area contributed by atoms with E-state index < -0.39 is 10.0 Å². The Hall–Kier alpha value is -1.11. The van der Waals surface area contributed by atoms with Gasteiger partial charge in [0.1, 0.15) is 4.90 Å². The van der Waals surface area contributed by atoms with E-state index in [0.29, 0.717) is 11.4 Å². The van der Waals surface area contributed by atoms with Gasteiger partial charge < -0.3 is 10.0 Å². The highest BCUT2D eigenvalue weighted by Crippen LogP contribution is 2.30. The Morgan fingerprint density at radius 1 is 1.35 bits per heavy atom. The number of nitrogens with zero attached hydrogens (tertiary/aromatic N) is 2. The molecular formula is C14H22N2O3S.